The molecule has 0 amide bonds. The minimum Gasteiger partial charge on any atom is -0.494 e. The summed E-state index contributed by atoms with van der Waals surface area (Å²) in [7, 11) is 1.30. The molecule has 1 heterocycles. The molecule has 0 spiro atoms. The van der Waals surface area contributed by atoms with E-state index >= 15 is 0 Å². The average Bonchev–Trinajstić information content (AvgIpc) is 2.98. The van der Waals surface area contributed by atoms with Crippen LogP contribution in [0.1, 0.15) is 29.8 Å². The van der Waals surface area contributed by atoms with Crippen molar-refractivity contribution >= 4 is 17.8 Å². The predicted octanol–water partition coefficient (Wildman–Crippen LogP) is 3.64. The van der Waals surface area contributed by atoms with Crippen molar-refractivity contribution < 1.29 is 28.5 Å². The maximum Gasteiger partial charge on any atom is 0.346 e. The van der Waals surface area contributed by atoms with E-state index in [9.17, 15) is 9.59 Å². The van der Waals surface area contributed by atoms with Crippen molar-refractivity contribution in [2.45, 2.75) is 20.0 Å². The van der Waals surface area contributed by atoms with Crippen molar-refractivity contribution in [1.29, 1.82) is 0 Å². The second kappa shape index (κ2) is 7.95. The molecule has 1 atom stereocenters. The van der Waals surface area contributed by atoms with E-state index in [1.807, 2.05) is 13.0 Å². The number of methoxy groups -OCH3 is 1. The molecule has 0 aliphatic carbocycles. The Balaban J connectivity index is 1.87. The van der Waals surface area contributed by atoms with Crippen molar-refractivity contribution in [3.63, 3.8) is 0 Å². The van der Waals surface area contributed by atoms with Crippen LogP contribution in [0, 0.1) is 0 Å². The second-order valence-electron chi connectivity index (χ2n) is 5.85. The number of hydrogen-bond donors (Lipinski definition) is 0. The van der Waals surface area contributed by atoms with E-state index in [2.05, 4.69) is 4.74 Å². The van der Waals surface area contributed by atoms with Gasteiger partial charge in [0.1, 0.15) is 17.2 Å². The van der Waals surface area contributed by atoms with E-state index in [0.717, 1.165) is 0 Å². The Morgan fingerprint density at radius 1 is 1.22 bits per heavy atom. The molecular formula is C21H20O6. The molecule has 3 rings (SSSR count). The predicted molar refractivity (Wildman–Crippen MR) is 99.1 cm³/mol. The minimum absolute atomic E-state index is 0.181. The molecule has 2 aromatic carbocycles. The van der Waals surface area contributed by atoms with Crippen LogP contribution in [0.25, 0.3) is 6.08 Å². The van der Waals surface area contributed by atoms with Crippen molar-refractivity contribution in [2.24, 2.45) is 0 Å². The van der Waals surface area contributed by atoms with Crippen LogP contribution in [0.2, 0.25) is 0 Å². The first-order valence-electron chi connectivity index (χ1n) is 8.58. The van der Waals surface area contributed by atoms with Gasteiger partial charge in [0, 0.05) is 11.6 Å². The topological polar surface area (TPSA) is 71.1 Å². The lowest BCUT2D eigenvalue weighted by atomic mass is 10.1. The van der Waals surface area contributed by atoms with Crippen LogP contribution in [-0.2, 0) is 9.53 Å². The van der Waals surface area contributed by atoms with Crippen LogP contribution in [0.5, 0.6) is 17.2 Å². The highest BCUT2D eigenvalue weighted by atomic mass is 16.6. The maximum absolute atomic E-state index is 12.6. The van der Waals surface area contributed by atoms with Crippen LogP contribution in [0.4, 0.5) is 0 Å². The van der Waals surface area contributed by atoms with Gasteiger partial charge in [0.15, 0.2) is 11.9 Å². The summed E-state index contributed by atoms with van der Waals surface area (Å²) < 4.78 is 21.5. The molecule has 140 valence electrons. The van der Waals surface area contributed by atoms with E-state index in [4.69, 9.17) is 14.2 Å². The van der Waals surface area contributed by atoms with Crippen LogP contribution in [0.15, 0.2) is 48.2 Å². The molecule has 1 aliphatic heterocycles. The first-order valence-corrected chi connectivity index (χ1v) is 8.58. The Labute approximate surface area is 157 Å². The monoisotopic (exact) mass is 368 g/mol. The summed E-state index contributed by atoms with van der Waals surface area (Å²) in [5.41, 5.74) is 1.10. The standard InChI is InChI=1S/C21H20O6/c1-4-25-15-9-10-16-18(12-15)27-19(20(16)22)11-14-7-5-6-8-17(14)26-13(2)21(23)24-3/h5-13H,4H2,1-3H3/t13-/m0/s1. The summed E-state index contributed by atoms with van der Waals surface area (Å²) in [6, 6.07) is 12.2. The number of ketones is 1. The van der Waals surface area contributed by atoms with Crippen LogP contribution in [-0.4, -0.2) is 31.6 Å². The molecule has 0 N–H and O–H groups in total. The zero-order valence-electron chi connectivity index (χ0n) is 15.4. The molecule has 0 unspecified atom stereocenters. The summed E-state index contributed by atoms with van der Waals surface area (Å²) in [6.07, 6.45) is 0.822. The first-order chi connectivity index (χ1) is 13.0. The SMILES string of the molecule is CCOc1ccc2c(c1)OC(=Cc1ccccc1O[C@@H](C)C(=O)OC)C2=O. The van der Waals surface area contributed by atoms with Gasteiger partial charge in [-0.2, -0.15) is 0 Å². The highest BCUT2D eigenvalue weighted by Gasteiger charge is 2.28. The number of fused-ring (bicyclic) bond motifs is 1. The fourth-order valence-electron chi connectivity index (χ4n) is 2.68. The molecule has 0 saturated heterocycles. The van der Waals surface area contributed by atoms with E-state index in [1.54, 1.807) is 49.4 Å². The fraction of sp³-hybridized carbons (Fsp3) is 0.238. The average molecular weight is 368 g/mol. The van der Waals surface area contributed by atoms with Gasteiger partial charge in [0.2, 0.25) is 5.78 Å². The number of carbonyl (C=O) groups excluding carboxylic acids is 2. The molecule has 0 bridgehead atoms. The van der Waals surface area contributed by atoms with Gasteiger partial charge in [-0.3, -0.25) is 4.79 Å². The quantitative estimate of drug-likeness (QED) is 0.573. The number of rotatable bonds is 6. The van der Waals surface area contributed by atoms with Crippen LogP contribution >= 0.6 is 0 Å². The lowest BCUT2D eigenvalue weighted by Crippen LogP contribution is -2.25. The van der Waals surface area contributed by atoms with Gasteiger partial charge in [-0.25, -0.2) is 4.79 Å². The number of carbonyl (C=O) groups is 2. The number of hydrogen-bond acceptors (Lipinski definition) is 6. The van der Waals surface area contributed by atoms with E-state index in [-0.39, 0.29) is 11.5 Å². The zero-order valence-corrected chi connectivity index (χ0v) is 15.4. The summed E-state index contributed by atoms with van der Waals surface area (Å²) in [6.45, 7) is 4.01. The number of allylic oxidation sites excluding steroid dienone is 1. The normalized spacial score (nSPS) is 15.1. The minimum atomic E-state index is -0.777. The molecule has 27 heavy (non-hydrogen) atoms. The highest BCUT2D eigenvalue weighted by Crippen LogP contribution is 2.35. The van der Waals surface area contributed by atoms with Gasteiger partial charge < -0.3 is 18.9 Å². The molecule has 6 heteroatoms. The van der Waals surface area contributed by atoms with Crippen molar-refractivity contribution in [2.75, 3.05) is 13.7 Å². The van der Waals surface area contributed by atoms with Gasteiger partial charge >= 0.3 is 5.97 Å². The maximum atomic E-state index is 12.6. The number of ether oxygens (including phenoxy) is 4. The van der Waals surface area contributed by atoms with Gasteiger partial charge in [-0.1, -0.05) is 18.2 Å². The lowest BCUT2D eigenvalue weighted by molar-refractivity contribution is -0.147. The Hall–Kier alpha value is -3.28. The summed E-state index contributed by atoms with van der Waals surface area (Å²) in [5, 5.41) is 0. The number of Topliss-reactive ketones (excluding diaryl/α,β-unsaturated/α-hetero) is 1. The van der Waals surface area contributed by atoms with E-state index < -0.39 is 12.1 Å². The largest absolute Gasteiger partial charge is 0.494 e. The van der Waals surface area contributed by atoms with Gasteiger partial charge in [0.05, 0.1) is 19.3 Å². The molecule has 0 saturated carbocycles. The molecule has 2 aromatic rings. The Bertz CT molecular complexity index is 899. The van der Waals surface area contributed by atoms with Crippen LogP contribution < -0.4 is 14.2 Å². The third-order valence-electron chi connectivity index (χ3n) is 3.99. The molecule has 1 aliphatic rings. The molecule has 0 radical (unpaired) electrons. The smallest absolute Gasteiger partial charge is 0.346 e. The first kappa shape index (κ1) is 18.5. The third kappa shape index (κ3) is 3.95. The van der Waals surface area contributed by atoms with Crippen molar-refractivity contribution in [3.8, 4) is 17.2 Å². The van der Waals surface area contributed by atoms with Gasteiger partial charge in [-0.15, -0.1) is 0 Å². The van der Waals surface area contributed by atoms with E-state index in [0.29, 0.717) is 35.0 Å². The number of benzene rings is 2. The lowest BCUT2D eigenvalue weighted by Gasteiger charge is -2.14. The summed E-state index contributed by atoms with van der Waals surface area (Å²) >= 11 is 0. The van der Waals surface area contributed by atoms with Gasteiger partial charge in [-0.05, 0) is 38.1 Å². The van der Waals surface area contributed by atoms with Crippen molar-refractivity contribution in [3.05, 3.63) is 59.4 Å². The second-order valence-corrected chi connectivity index (χ2v) is 5.85. The fourth-order valence-corrected chi connectivity index (χ4v) is 2.68. The van der Waals surface area contributed by atoms with Crippen LogP contribution in [0.3, 0.4) is 0 Å². The Kier molecular flexibility index (Phi) is 5.45. The van der Waals surface area contributed by atoms with Gasteiger partial charge in [0.25, 0.3) is 0 Å². The Morgan fingerprint density at radius 2 is 2.00 bits per heavy atom. The van der Waals surface area contributed by atoms with E-state index in [1.165, 1.54) is 7.11 Å². The highest BCUT2D eigenvalue weighted by molar-refractivity contribution is 6.14. The molecule has 0 aromatic heterocycles. The number of esters is 1. The third-order valence-corrected chi connectivity index (χ3v) is 3.99. The summed E-state index contributed by atoms with van der Waals surface area (Å²) in [4.78, 5) is 24.2. The molecular weight excluding hydrogens is 348 g/mol. The molecule has 0 fully saturated rings. The molecule has 6 nitrogen and oxygen atoms in total. The number of para-hydroxylation sites is 1. The summed E-state index contributed by atoms with van der Waals surface area (Å²) in [5.74, 6) is 1.02. The Morgan fingerprint density at radius 3 is 2.74 bits per heavy atom. The zero-order chi connectivity index (χ0) is 19.4. The van der Waals surface area contributed by atoms with Crippen molar-refractivity contribution in [1.82, 2.24) is 0 Å².